The van der Waals surface area contributed by atoms with Gasteiger partial charge in [-0.3, -0.25) is 10.1 Å². The van der Waals surface area contributed by atoms with Gasteiger partial charge in [0, 0.05) is 16.2 Å². The Labute approximate surface area is 127 Å². The maximum atomic E-state index is 11.0. The van der Waals surface area contributed by atoms with Crippen molar-refractivity contribution in [2.45, 2.75) is 6.92 Å². The van der Waals surface area contributed by atoms with Crippen LogP contribution in [0.5, 0.6) is 0 Å². The van der Waals surface area contributed by atoms with Crippen LogP contribution in [0.2, 0.25) is 0 Å². The number of anilines is 2. The van der Waals surface area contributed by atoms with E-state index in [1.165, 1.54) is 0 Å². The molecule has 1 aromatic heterocycles. The summed E-state index contributed by atoms with van der Waals surface area (Å²) in [5, 5.41) is 22.7. The van der Waals surface area contributed by atoms with Crippen molar-refractivity contribution in [3.63, 3.8) is 0 Å². The number of carbonyl (C=O) groups is 1. The highest BCUT2D eigenvalue weighted by Gasteiger charge is 2.19. The molecule has 0 saturated carbocycles. The fourth-order valence-corrected chi connectivity index (χ4v) is 2.18. The van der Waals surface area contributed by atoms with Gasteiger partial charge in [-0.15, -0.1) is 0 Å². The van der Waals surface area contributed by atoms with Crippen LogP contribution in [-0.4, -0.2) is 21.0 Å². The number of carboxylic acids is 1. The Morgan fingerprint density at radius 3 is 2.67 bits per heavy atom. The molecule has 108 valence electrons. The first kappa shape index (κ1) is 14.9. The Morgan fingerprint density at radius 1 is 1.38 bits per heavy atom. The number of nitro groups is 1. The minimum atomic E-state index is -1.25. The molecule has 2 rings (SSSR count). The van der Waals surface area contributed by atoms with E-state index < -0.39 is 10.9 Å². The van der Waals surface area contributed by atoms with Gasteiger partial charge in [-0.1, -0.05) is 15.9 Å². The highest BCUT2D eigenvalue weighted by atomic mass is 79.9. The number of carboxylic acid groups (broad SMARTS) is 1. The monoisotopic (exact) mass is 351 g/mol. The van der Waals surface area contributed by atoms with Crippen LogP contribution >= 0.6 is 15.9 Å². The molecule has 0 radical (unpaired) electrons. The number of pyridine rings is 1. The second kappa shape index (κ2) is 5.88. The summed E-state index contributed by atoms with van der Waals surface area (Å²) in [5.41, 5.74) is 0.887. The number of halogens is 1. The summed E-state index contributed by atoms with van der Waals surface area (Å²) in [7, 11) is 0. The van der Waals surface area contributed by atoms with Gasteiger partial charge in [0.05, 0.1) is 4.92 Å². The fraction of sp³-hybridized carbons (Fsp3) is 0.0769. The van der Waals surface area contributed by atoms with E-state index in [0.717, 1.165) is 22.2 Å². The zero-order valence-electron chi connectivity index (χ0n) is 10.8. The lowest BCUT2D eigenvalue weighted by Gasteiger charge is -2.10. The van der Waals surface area contributed by atoms with Gasteiger partial charge in [-0.25, -0.2) is 9.78 Å². The predicted octanol–water partition coefficient (Wildman–Crippen LogP) is 3.50. The zero-order valence-corrected chi connectivity index (χ0v) is 12.4. The van der Waals surface area contributed by atoms with Crippen molar-refractivity contribution in [1.29, 1.82) is 0 Å². The van der Waals surface area contributed by atoms with Crippen molar-refractivity contribution in [3.05, 3.63) is 56.2 Å². The number of aromatic carboxylic acids is 1. The summed E-state index contributed by atoms with van der Waals surface area (Å²) in [5.74, 6) is -1.36. The minimum absolute atomic E-state index is 0.106. The van der Waals surface area contributed by atoms with Gasteiger partial charge >= 0.3 is 11.7 Å². The molecule has 0 bridgehead atoms. The SMILES string of the molecule is Cc1cc(Br)ccc1Nc1nc(C(=O)O)ccc1[N+](=O)[O-]. The summed E-state index contributed by atoms with van der Waals surface area (Å²) >= 11 is 3.32. The van der Waals surface area contributed by atoms with Gasteiger partial charge < -0.3 is 10.4 Å². The van der Waals surface area contributed by atoms with Crippen molar-refractivity contribution in [2.75, 3.05) is 5.32 Å². The van der Waals surface area contributed by atoms with Crippen LogP contribution in [0.1, 0.15) is 16.1 Å². The van der Waals surface area contributed by atoms with Crippen LogP contribution in [0, 0.1) is 17.0 Å². The molecule has 0 aliphatic rings. The molecule has 2 aromatic rings. The smallest absolute Gasteiger partial charge is 0.354 e. The van der Waals surface area contributed by atoms with Gasteiger partial charge in [0.25, 0.3) is 0 Å². The van der Waals surface area contributed by atoms with Crippen molar-refractivity contribution in [1.82, 2.24) is 4.98 Å². The summed E-state index contributed by atoms with van der Waals surface area (Å²) < 4.78 is 0.868. The predicted molar refractivity (Wildman–Crippen MR) is 80.0 cm³/mol. The highest BCUT2D eigenvalue weighted by molar-refractivity contribution is 9.10. The van der Waals surface area contributed by atoms with E-state index in [4.69, 9.17) is 5.11 Å². The molecule has 21 heavy (non-hydrogen) atoms. The van der Waals surface area contributed by atoms with E-state index in [-0.39, 0.29) is 17.2 Å². The van der Waals surface area contributed by atoms with Crippen molar-refractivity contribution in [2.24, 2.45) is 0 Å². The number of aryl methyl sites for hydroxylation is 1. The highest BCUT2D eigenvalue weighted by Crippen LogP contribution is 2.28. The van der Waals surface area contributed by atoms with Crippen LogP contribution in [0.15, 0.2) is 34.8 Å². The molecule has 7 nitrogen and oxygen atoms in total. The lowest BCUT2D eigenvalue weighted by Crippen LogP contribution is -2.06. The van der Waals surface area contributed by atoms with E-state index in [1.807, 2.05) is 13.0 Å². The molecule has 2 N–H and O–H groups in total. The summed E-state index contributed by atoms with van der Waals surface area (Å²) in [6.45, 7) is 1.82. The normalized spacial score (nSPS) is 10.2. The van der Waals surface area contributed by atoms with Crippen LogP contribution in [0.4, 0.5) is 17.2 Å². The van der Waals surface area contributed by atoms with E-state index in [2.05, 4.69) is 26.2 Å². The molecule has 0 atom stereocenters. The number of hydrogen-bond acceptors (Lipinski definition) is 5. The number of rotatable bonds is 4. The van der Waals surface area contributed by atoms with Crippen molar-refractivity contribution in [3.8, 4) is 0 Å². The van der Waals surface area contributed by atoms with Gasteiger partial charge in [-0.05, 0) is 36.8 Å². The molecule has 0 aliphatic carbocycles. The summed E-state index contributed by atoms with van der Waals surface area (Å²) in [4.78, 5) is 25.1. The average Bonchev–Trinajstić information content (AvgIpc) is 2.41. The van der Waals surface area contributed by atoms with Crippen LogP contribution < -0.4 is 5.32 Å². The molecule has 0 amide bonds. The second-order valence-corrected chi connectivity index (χ2v) is 5.13. The molecular weight excluding hydrogens is 342 g/mol. The van der Waals surface area contributed by atoms with Gasteiger partial charge in [-0.2, -0.15) is 0 Å². The third kappa shape index (κ3) is 3.34. The Kier molecular flexibility index (Phi) is 4.18. The maximum Gasteiger partial charge on any atom is 0.354 e. The third-order valence-corrected chi connectivity index (χ3v) is 3.22. The molecule has 0 fully saturated rings. The first-order valence-corrected chi connectivity index (χ1v) is 6.59. The topological polar surface area (TPSA) is 105 Å². The zero-order chi connectivity index (χ0) is 15.6. The first-order valence-electron chi connectivity index (χ1n) is 5.80. The Balaban J connectivity index is 2.48. The van der Waals surface area contributed by atoms with Gasteiger partial charge in [0.2, 0.25) is 5.82 Å². The summed E-state index contributed by atoms with van der Waals surface area (Å²) in [6, 6.07) is 7.53. The van der Waals surface area contributed by atoms with E-state index >= 15 is 0 Å². The Hall–Kier alpha value is -2.48. The molecule has 0 spiro atoms. The number of nitrogens with one attached hydrogen (secondary N) is 1. The molecule has 0 aliphatic heterocycles. The largest absolute Gasteiger partial charge is 0.477 e. The molecule has 0 unspecified atom stereocenters. The average molecular weight is 352 g/mol. The Morgan fingerprint density at radius 2 is 2.10 bits per heavy atom. The van der Waals surface area contributed by atoms with Gasteiger partial charge in [0.1, 0.15) is 0 Å². The second-order valence-electron chi connectivity index (χ2n) is 4.21. The van der Waals surface area contributed by atoms with Crippen LogP contribution in [0.3, 0.4) is 0 Å². The lowest BCUT2D eigenvalue weighted by molar-refractivity contribution is -0.384. The maximum absolute atomic E-state index is 11.0. The first-order chi connectivity index (χ1) is 9.88. The third-order valence-electron chi connectivity index (χ3n) is 2.73. The number of aromatic nitrogens is 1. The Bertz CT molecular complexity index is 733. The molecule has 1 aromatic carbocycles. The summed E-state index contributed by atoms with van der Waals surface area (Å²) in [6.07, 6.45) is 0. The van der Waals surface area contributed by atoms with Crippen molar-refractivity contribution >= 4 is 39.1 Å². The molecule has 8 heteroatoms. The van der Waals surface area contributed by atoms with Crippen LogP contribution in [0.25, 0.3) is 0 Å². The van der Waals surface area contributed by atoms with E-state index in [0.29, 0.717) is 5.69 Å². The lowest BCUT2D eigenvalue weighted by atomic mass is 10.2. The molecule has 1 heterocycles. The van der Waals surface area contributed by atoms with Gasteiger partial charge in [0.15, 0.2) is 5.69 Å². The standard InChI is InChI=1S/C13H10BrN3O4/c1-7-6-8(14)2-3-9(7)15-12-11(17(20)21)5-4-10(16-12)13(18)19/h2-6H,1H3,(H,15,16)(H,18,19). The quantitative estimate of drug-likeness (QED) is 0.644. The molecule has 0 saturated heterocycles. The molecular formula is C13H10BrN3O4. The van der Waals surface area contributed by atoms with E-state index in [1.54, 1.807) is 12.1 Å². The fourth-order valence-electron chi connectivity index (χ4n) is 1.71. The number of hydrogen-bond donors (Lipinski definition) is 2. The number of nitrogens with zero attached hydrogens (tertiary/aromatic N) is 2. The number of benzene rings is 1. The van der Waals surface area contributed by atoms with Crippen LogP contribution in [-0.2, 0) is 0 Å². The minimum Gasteiger partial charge on any atom is -0.477 e. The van der Waals surface area contributed by atoms with E-state index in [9.17, 15) is 14.9 Å². The van der Waals surface area contributed by atoms with Crippen molar-refractivity contribution < 1.29 is 14.8 Å².